The van der Waals surface area contributed by atoms with Gasteiger partial charge >= 0.3 is 0 Å². The van der Waals surface area contributed by atoms with Gasteiger partial charge in [0, 0.05) is 26.0 Å². The lowest BCUT2D eigenvalue weighted by molar-refractivity contribution is 0.694. The monoisotopic (exact) mass is 756 g/mol. The summed E-state index contributed by atoms with van der Waals surface area (Å²) in [5, 5.41) is 0. The fraction of sp³-hybridized carbons (Fsp3) is 0.381. The molecule has 3 aromatic rings. The SMILES string of the molecule is [2H]/C(=C1\C(/C(=C/CCC)c2ccc(N(c3ccc(Br)cc3)c3ccc(Br)cc3)cc2)=CC2=C1CCCC2)[Si](C(C)C)(C(C)C)C(C)C. The highest BCUT2D eigenvalue weighted by atomic mass is 79.9. The molecule has 0 N–H and O–H groups in total. The van der Waals surface area contributed by atoms with Gasteiger partial charge in [-0.25, -0.2) is 0 Å². The van der Waals surface area contributed by atoms with Crippen LogP contribution >= 0.6 is 31.9 Å². The molecule has 0 aliphatic heterocycles. The molecule has 3 aromatic carbocycles. The predicted molar refractivity (Wildman–Crippen MR) is 212 cm³/mol. The third kappa shape index (κ3) is 7.20. The van der Waals surface area contributed by atoms with Crippen molar-refractivity contribution in [2.24, 2.45) is 0 Å². The van der Waals surface area contributed by atoms with E-state index in [-0.39, 0.29) is 0 Å². The molecular formula is C42H51Br2NSi. The Hall–Kier alpha value is -2.40. The van der Waals surface area contributed by atoms with Gasteiger partial charge in [0.2, 0.25) is 0 Å². The van der Waals surface area contributed by atoms with Gasteiger partial charge in [-0.05, 0) is 143 Å². The average molecular weight is 759 g/mol. The van der Waals surface area contributed by atoms with E-state index in [0.717, 1.165) is 57.4 Å². The van der Waals surface area contributed by atoms with E-state index in [1.54, 1.807) is 0 Å². The normalized spacial score (nSPS) is 17.1. The Morgan fingerprint density at radius 3 is 1.72 bits per heavy atom. The van der Waals surface area contributed by atoms with E-state index in [1.807, 2.05) is 0 Å². The first kappa shape index (κ1) is 33.5. The smallest absolute Gasteiger partial charge is 0.0861 e. The van der Waals surface area contributed by atoms with E-state index in [2.05, 4.69) is 170 Å². The van der Waals surface area contributed by atoms with Gasteiger partial charge in [0.15, 0.2) is 0 Å². The summed E-state index contributed by atoms with van der Waals surface area (Å²) in [5.74, 6) is 0. The molecule has 0 unspecified atom stereocenters. The fourth-order valence-electron chi connectivity index (χ4n) is 7.88. The molecule has 46 heavy (non-hydrogen) atoms. The van der Waals surface area contributed by atoms with Gasteiger partial charge in [-0.15, -0.1) is 0 Å². The zero-order chi connectivity index (χ0) is 33.9. The summed E-state index contributed by atoms with van der Waals surface area (Å²) < 4.78 is 12.3. The van der Waals surface area contributed by atoms with Crippen molar-refractivity contribution in [2.75, 3.05) is 4.90 Å². The molecule has 2 aliphatic carbocycles. The molecule has 1 nitrogen and oxygen atoms in total. The minimum Gasteiger partial charge on any atom is -0.311 e. The molecule has 0 atom stereocenters. The summed E-state index contributed by atoms with van der Waals surface area (Å²) >= 11 is 7.23. The second-order valence-electron chi connectivity index (χ2n) is 13.9. The molecule has 0 spiro atoms. The molecule has 0 saturated carbocycles. The first-order valence-electron chi connectivity index (χ1n) is 17.8. The van der Waals surface area contributed by atoms with Crippen molar-refractivity contribution in [1.29, 1.82) is 0 Å². The summed E-state index contributed by atoms with van der Waals surface area (Å²) in [6.07, 6.45) is 11.8. The molecule has 0 bridgehead atoms. The Bertz CT molecular complexity index is 1610. The summed E-state index contributed by atoms with van der Waals surface area (Å²) in [5.41, 5.74) is 13.9. The Morgan fingerprint density at radius 2 is 1.24 bits per heavy atom. The van der Waals surface area contributed by atoms with Crippen molar-refractivity contribution in [3.8, 4) is 0 Å². The van der Waals surface area contributed by atoms with Gasteiger partial charge in [-0.1, -0.05) is 117 Å². The number of hydrogen-bond acceptors (Lipinski definition) is 1. The van der Waals surface area contributed by atoms with Gasteiger partial charge < -0.3 is 4.90 Å². The van der Waals surface area contributed by atoms with Crippen LogP contribution in [0.25, 0.3) is 5.57 Å². The van der Waals surface area contributed by atoms with Gasteiger partial charge in [0.05, 0.1) is 9.44 Å². The maximum Gasteiger partial charge on any atom is 0.0861 e. The maximum atomic E-state index is 10.2. The van der Waals surface area contributed by atoms with E-state index >= 15 is 0 Å². The van der Waals surface area contributed by atoms with E-state index in [0.29, 0.717) is 16.6 Å². The Labute approximate surface area is 298 Å². The number of hydrogen-bond donors (Lipinski definition) is 0. The summed E-state index contributed by atoms with van der Waals surface area (Å²) in [7, 11) is -2.17. The zero-order valence-electron chi connectivity index (χ0n) is 29.8. The predicted octanol–water partition coefficient (Wildman–Crippen LogP) is 14.8. The number of benzene rings is 3. The van der Waals surface area contributed by atoms with Crippen LogP contribution in [-0.4, -0.2) is 8.07 Å². The molecule has 0 radical (unpaired) electrons. The summed E-state index contributed by atoms with van der Waals surface area (Å²) in [6.45, 7) is 16.6. The minimum absolute atomic E-state index is 0.502. The van der Waals surface area contributed by atoms with Crippen LogP contribution in [0.15, 0.2) is 122 Å². The van der Waals surface area contributed by atoms with Crippen LogP contribution in [0.3, 0.4) is 0 Å². The van der Waals surface area contributed by atoms with Crippen molar-refractivity contribution in [1.82, 2.24) is 0 Å². The average Bonchev–Trinajstić information content (AvgIpc) is 3.43. The number of allylic oxidation sites excluding steroid dienone is 7. The van der Waals surface area contributed by atoms with Crippen LogP contribution in [0.5, 0.6) is 0 Å². The Balaban J connectivity index is 1.65. The molecule has 0 fully saturated rings. The number of anilines is 3. The van der Waals surface area contributed by atoms with E-state index < -0.39 is 8.07 Å². The standard InChI is InChI=1S/C42H51Br2NSi/c1-8-9-13-39(41-27-33-12-10-11-14-40(33)42(41)28-46(29(2)3,30(4)5)31(6)7)32-15-21-36(22-16-32)45(37-23-17-34(43)18-24-37)38-25-19-35(44)20-26-38/h13,15-31H,8-12,14H2,1-7H3/b39-13+,42-28+/i28D. The molecule has 0 saturated heterocycles. The largest absolute Gasteiger partial charge is 0.311 e. The number of nitrogens with zero attached hydrogens (tertiary/aromatic N) is 1. The fourth-order valence-corrected chi connectivity index (χ4v) is 14.0. The molecule has 2 aliphatic rings. The lowest BCUT2D eigenvalue weighted by Crippen LogP contribution is -2.43. The zero-order valence-corrected chi connectivity index (χ0v) is 32.9. The number of rotatable bonds is 11. The highest BCUT2D eigenvalue weighted by Crippen LogP contribution is 2.50. The van der Waals surface area contributed by atoms with Crippen LogP contribution in [0.2, 0.25) is 16.6 Å². The Morgan fingerprint density at radius 1 is 0.761 bits per heavy atom. The Kier molecular flexibility index (Phi) is 11.1. The minimum atomic E-state index is -2.17. The van der Waals surface area contributed by atoms with Crippen LogP contribution in [0.1, 0.15) is 93.9 Å². The van der Waals surface area contributed by atoms with Crippen LogP contribution in [0.4, 0.5) is 17.1 Å². The maximum absolute atomic E-state index is 10.2. The van der Waals surface area contributed by atoms with E-state index in [9.17, 15) is 1.37 Å². The quantitative estimate of drug-likeness (QED) is 0.176. The van der Waals surface area contributed by atoms with Gasteiger partial charge in [0.25, 0.3) is 0 Å². The molecule has 0 amide bonds. The van der Waals surface area contributed by atoms with Crippen molar-refractivity contribution >= 4 is 62.6 Å². The number of halogens is 2. The van der Waals surface area contributed by atoms with Crippen LogP contribution in [0, 0.1) is 0 Å². The third-order valence-electron chi connectivity index (χ3n) is 10.1. The summed E-state index contributed by atoms with van der Waals surface area (Å²) in [4.78, 5) is 2.31. The summed E-state index contributed by atoms with van der Waals surface area (Å²) in [6, 6.07) is 26.2. The van der Waals surface area contributed by atoms with Crippen molar-refractivity contribution < 1.29 is 1.37 Å². The van der Waals surface area contributed by atoms with Crippen molar-refractivity contribution in [3.05, 3.63) is 127 Å². The lowest BCUT2D eigenvalue weighted by atomic mass is 9.88. The molecule has 4 heteroatoms. The molecule has 0 aromatic heterocycles. The second kappa shape index (κ2) is 15.2. The van der Waals surface area contributed by atoms with Crippen LogP contribution in [-0.2, 0) is 0 Å². The van der Waals surface area contributed by atoms with E-state index in [1.165, 1.54) is 46.3 Å². The first-order chi connectivity index (χ1) is 22.5. The molecule has 242 valence electrons. The van der Waals surface area contributed by atoms with E-state index in [4.69, 9.17) is 0 Å². The molecule has 0 heterocycles. The van der Waals surface area contributed by atoms with Crippen molar-refractivity contribution in [3.63, 3.8) is 0 Å². The topological polar surface area (TPSA) is 3.24 Å². The molecular weight excluding hydrogens is 706 g/mol. The van der Waals surface area contributed by atoms with Gasteiger partial charge in [-0.2, -0.15) is 0 Å². The van der Waals surface area contributed by atoms with Crippen molar-refractivity contribution in [2.45, 2.75) is 104 Å². The highest BCUT2D eigenvalue weighted by Gasteiger charge is 2.42. The highest BCUT2D eigenvalue weighted by molar-refractivity contribution is 9.10. The number of unbranched alkanes of at least 4 members (excludes halogenated alkanes) is 1. The van der Waals surface area contributed by atoms with Gasteiger partial charge in [0.1, 0.15) is 0 Å². The van der Waals surface area contributed by atoms with Gasteiger partial charge in [-0.3, -0.25) is 0 Å². The first-order valence-corrected chi connectivity index (χ1v) is 21.1. The van der Waals surface area contributed by atoms with Crippen LogP contribution < -0.4 is 4.90 Å². The third-order valence-corrected chi connectivity index (χ3v) is 17.6. The second-order valence-corrected chi connectivity index (χ2v) is 21.3. The molecule has 5 rings (SSSR count). The lowest BCUT2D eigenvalue weighted by Gasteiger charge is -2.41.